The van der Waals surface area contributed by atoms with Gasteiger partial charge in [0.25, 0.3) is 0 Å². The number of anilines is 1. The van der Waals surface area contributed by atoms with Crippen molar-refractivity contribution in [2.45, 2.75) is 6.92 Å². The lowest BCUT2D eigenvalue weighted by molar-refractivity contribution is 0.0697. The lowest BCUT2D eigenvalue weighted by Crippen LogP contribution is -2.30. The van der Waals surface area contributed by atoms with E-state index in [0.29, 0.717) is 12.3 Å². The molecule has 0 fully saturated rings. The minimum atomic E-state index is -1.14. The molecule has 0 spiro atoms. The summed E-state index contributed by atoms with van der Waals surface area (Å²) < 4.78 is 4.94. The summed E-state index contributed by atoms with van der Waals surface area (Å²) in [6.45, 7) is 5.75. The molecule has 0 atom stereocenters. The molecular formula is C13H16N2O4. The van der Waals surface area contributed by atoms with E-state index in [4.69, 9.17) is 9.84 Å². The number of ether oxygens (including phenoxy) is 1. The second-order valence-corrected chi connectivity index (χ2v) is 3.98. The van der Waals surface area contributed by atoms with Crippen molar-refractivity contribution in [1.29, 1.82) is 0 Å². The van der Waals surface area contributed by atoms with Crippen molar-refractivity contribution in [1.82, 2.24) is 5.32 Å². The topological polar surface area (TPSA) is 87.7 Å². The molecule has 6 nitrogen and oxygen atoms in total. The maximum absolute atomic E-state index is 11.6. The summed E-state index contributed by atoms with van der Waals surface area (Å²) in [5, 5.41) is 14.1. The number of urea groups is 1. The van der Waals surface area contributed by atoms with Crippen molar-refractivity contribution in [3.63, 3.8) is 0 Å². The van der Waals surface area contributed by atoms with Gasteiger partial charge in [-0.25, -0.2) is 9.59 Å². The first-order valence-corrected chi connectivity index (χ1v) is 5.54. The average molecular weight is 264 g/mol. The number of amides is 2. The van der Waals surface area contributed by atoms with Crippen LogP contribution in [0.25, 0.3) is 0 Å². The Morgan fingerprint density at radius 2 is 2.11 bits per heavy atom. The van der Waals surface area contributed by atoms with E-state index >= 15 is 0 Å². The normalized spacial score (nSPS) is 9.58. The fraction of sp³-hybridized carbons (Fsp3) is 0.231. The first-order valence-electron chi connectivity index (χ1n) is 5.54. The van der Waals surface area contributed by atoms with Crippen LogP contribution in [0.4, 0.5) is 10.5 Å². The molecule has 0 aromatic heterocycles. The molecule has 6 heteroatoms. The van der Waals surface area contributed by atoms with Gasteiger partial charge in [0, 0.05) is 6.54 Å². The van der Waals surface area contributed by atoms with Crippen LogP contribution < -0.4 is 15.4 Å². The van der Waals surface area contributed by atoms with Gasteiger partial charge in [-0.3, -0.25) is 0 Å². The number of nitrogens with one attached hydrogen (secondary N) is 2. The Morgan fingerprint density at radius 1 is 1.42 bits per heavy atom. The predicted octanol–water partition coefficient (Wildman–Crippen LogP) is 2.09. The largest absolute Gasteiger partial charge is 0.497 e. The van der Waals surface area contributed by atoms with Gasteiger partial charge in [-0.2, -0.15) is 0 Å². The molecule has 19 heavy (non-hydrogen) atoms. The molecule has 1 aromatic rings. The fourth-order valence-corrected chi connectivity index (χ4v) is 1.33. The monoisotopic (exact) mass is 264 g/mol. The van der Waals surface area contributed by atoms with Gasteiger partial charge in [-0.1, -0.05) is 12.2 Å². The van der Waals surface area contributed by atoms with Gasteiger partial charge in [-0.15, -0.1) is 0 Å². The molecule has 0 aliphatic rings. The molecule has 0 aliphatic heterocycles. The molecule has 0 saturated heterocycles. The number of aromatic carboxylic acids is 1. The third-order valence-electron chi connectivity index (χ3n) is 2.26. The standard InChI is InChI=1S/C13H16N2O4/c1-8(2)7-14-13(18)15-11-5-4-9(19-3)6-10(11)12(16)17/h4-6H,1,7H2,2-3H3,(H,16,17)(H2,14,15,18). The number of methoxy groups -OCH3 is 1. The van der Waals surface area contributed by atoms with Crippen LogP contribution in [-0.4, -0.2) is 30.8 Å². The number of hydrogen-bond acceptors (Lipinski definition) is 3. The smallest absolute Gasteiger partial charge is 0.337 e. The van der Waals surface area contributed by atoms with Crippen LogP contribution in [0.2, 0.25) is 0 Å². The minimum Gasteiger partial charge on any atom is -0.497 e. The van der Waals surface area contributed by atoms with Gasteiger partial charge in [-0.05, 0) is 25.1 Å². The van der Waals surface area contributed by atoms with E-state index in [1.165, 1.54) is 19.2 Å². The highest BCUT2D eigenvalue weighted by molar-refractivity contribution is 6.00. The van der Waals surface area contributed by atoms with Crippen LogP contribution in [0.5, 0.6) is 5.75 Å². The number of benzene rings is 1. The molecule has 3 N–H and O–H groups in total. The number of carboxylic acid groups (broad SMARTS) is 1. The summed E-state index contributed by atoms with van der Waals surface area (Å²) >= 11 is 0. The first kappa shape index (κ1) is 14.6. The molecule has 1 rings (SSSR count). The first-order chi connectivity index (χ1) is 8.93. The number of carboxylic acids is 1. The molecule has 0 aliphatic carbocycles. The zero-order valence-electron chi connectivity index (χ0n) is 10.8. The number of carbonyl (C=O) groups excluding carboxylic acids is 1. The van der Waals surface area contributed by atoms with Crippen molar-refractivity contribution in [3.05, 3.63) is 35.9 Å². The quantitative estimate of drug-likeness (QED) is 0.710. The second-order valence-electron chi connectivity index (χ2n) is 3.98. The third kappa shape index (κ3) is 4.34. The van der Waals surface area contributed by atoms with E-state index in [9.17, 15) is 9.59 Å². The zero-order valence-corrected chi connectivity index (χ0v) is 10.8. The van der Waals surface area contributed by atoms with E-state index in [2.05, 4.69) is 17.2 Å². The summed E-state index contributed by atoms with van der Waals surface area (Å²) in [6, 6.07) is 3.90. The van der Waals surface area contributed by atoms with Gasteiger partial charge in [0.05, 0.1) is 18.4 Å². The highest BCUT2D eigenvalue weighted by Gasteiger charge is 2.13. The van der Waals surface area contributed by atoms with Crippen LogP contribution in [0, 0.1) is 0 Å². The maximum atomic E-state index is 11.6. The molecule has 0 saturated carbocycles. The summed E-state index contributed by atoms with van der Waals surface area (Å²) in [5.74, 6) is -0.737. The van der Waals surface area contributed by atoms with Gasteiger partial charge in [0.1, 0.15) is 5.75 Å². The summed E-state index contributed by atoms with van der Waals surface area (Å²) in [7, 11) is 1.44. The Hall–Kier alpha value is -2.50. The van der Waals surface area contributed by atoms with Crippen molar-refractivity contribution >= 4 is 17.7 Å². The molecule has 2 amide bonds. The van der Waals surface area contributed by atoms with Crippen LogP contribution in [-0.2, 0) is 0 Å². The second kappa shape index (κ2) is 6.44. The van der Waals surface area contributed by atoms with E-state index in [0.717, 1.165) is 5.57 Å². The minimum absolute atomic E-state index is 0.0372. The van der Waals surface area contributed by atoms with Gasteiger partial charge >= 0.3 is 12.0 Å². The number of hydrogen-bond donors (Lipinski definition) is 3. The van der Waals surface area contributed by atoms with Gasteiger partial charge in [0.2, 0.25) is 0 Å². The Morgan fingerprint density at radius 3 is 2.63 bits per heavy atom. The maximum Gasteiger partial charge on any atom is 0.337 e. The molecule has 1 aromatic carbocycles. The van der Waals surface area contributed by atoms with Crippen molar-refractivity contribution in [2.24, 2.45) is 0 Å². The summed E-state index contributed by atoms with van der Waals surface area (Å²) in [5.41, 5.74) is 0.959. The van der Waals surface area contributed by atoms with Crippen molar-refractivity contribution in [3.8, 4) is 5.75 Å². The molecule has 0 heterocycles. The lowest BCUT2D eigenvalue weighted by atomic mass is 10.1. The zero-order chi connectivity index (χ0) is 14.4. The number of rotatable bonds is 5. The predicted molar refractivity (Wildman–Crippen MR) is 71.8 cm³/mol. The molecule has 0 radical (unpaired) electrons. The Labute approximate surface area is 111 Å². The molecule has 0 unspecified atom stereocenters. The van der Waals surface area contributed by atoms with E-state index < -0.39 is 12.0 Å². The van der Waals surface area contributed by atoms with E-state index in [1.807, 2.05) is 0 Å². The molecule has 0 bridgehead atoms. The Bertz CT molecular complexity index is 511. The third-order valence-corrected chi connectivity index (χ3v) is 2.26. The Kier molecular flexibility index (Phi) is 4.93. The van der Waals surface area contributed by atoms with Crippen molar-refractivity contribution in [2.75, 3.05) is 19.0 Å². The van der Waals surface area contributed by atoms with E-state index in [-0.39, 0.29) is 11.3 Å². The average Bonchev–Trinajstić information content (AvgIpc) is 2.36. The molecular weight excluding hydrogens is 248 g/mol. The van der Waals surface area contributed by atoms with Gasteiger partial charge in [0.15, 0.2) is 0 Å². The van der Waals surface area contributed by atoms with Crippen LogP contribution in [0.1, 0.15) is 17.3 Å². The molecule has 102 valence electrons. The summed E-state index contributed by atoms with van der Waals surface area (Å²) in [6.07, 6.45) is 0. The van der Waals surface area contributed by atoms with Crippen LogP contribution >= 0.6 is 0 Å². The lowest BCUT2D eigenvalue weighted by Gasteiger charge is -2.11. The highest BCUT2D eigenvalue weighted by Crippen LogP contribution is 2.22. The Balaban J connectivity index is 2.85. The van der Waals surface area contributed by atoms with Crippen LogP contribution in [0.3, 0.4) is 0 Å². The fourth-order valence-electron chi connectivity index (χ4n) is 1.33. The van der Waals surface area contributed by atoms with Crippen molar-refractivity contribution < 1.29 is 19.4 Å². The number of carbonyl (C=O) groups is 2. The van der Waals surface area contributed by atoms with E-state index in [1.54, 1.807) is 13.0 Å². The van der Waals surface area contributed by atoms with Gasteiger partial charge < -0.3 is 20.5 Å². The SMILES string of the molecule is C=C(C)CNC(=O)Nc1ccc(OC)cc1C(=O)O. The summed E-state index contributed by atoms with van der Waals surface area (Å²) in [4.78, 5) is 22.7. The van der Waals surface area contributed by atoms with Crippen LogP contribution in [0.15, 0.2) is 30.4 Å². The highest BCUT2D eigenvalue weighted by atomic mass is 16.5.